The normalized spacial score (nSPS) is 10.1. The fraction of sp³-hybridized carbons (Fsp3) is 0.235. The lowest BCUT2D eigenvalue weighted by Gasteiger charge is -2.18. The van der Waals surface area contributed by atoms with E-state index < -0.39 is 0 Å². The molecule has 4 heteroatoms. The fourth-order valence-corrected chi connectivity index (χ4v) is 2.71. The molecule has 0 bridgehead atoms. The van der Waals surface area contributed by atoms with Crippen LogP contribution in [0.25, 0.3) is 0 Å². The van der Waals surface area contributed by atoms with Crippen molar-refractivity contribution in [1.82, 2.24) is 5.32 Å². The Hall–Kier alpha value is -1.94. The van der Waals surface area contributed by atoms with E-state index in [9.17, 15) is 4.79 Å². The van der Waals surface area contributed by atoms with Crippen LogP contribution in [0, 0.1) is 0 Å². The Kier molecular flexibility index (Phi) is 6.16. The molecule has 0 fully saturated rings. The number of nitrogens with one attached hydrogen (secondary N) is 1. The van der Waals surface area contributed by atoms with E-state index in [0.717, 1.165) is 11.4 Å². The molecule has 2 aromatic rings. The Balaban J connectivity index is 1.66. The Bertz CT molecular complexity index is 545. The molecular weight excluding hydrogens is 280 g/mol. The van der Waals surface area contributed by atoms with Gasteiger partial charge >= 0.3 is 0 Å². The summed E-state index contributed by atoms with van der Waals surface area (Å²) >= 11 is 1.75. The van der Waals surface area contributed by atoms with Crippen LogP contribution in [0.15, 0.2) is 65.6 Å². The van der Waals surface area contributed by atoms with Crippen molar-refractivity contribution in [3.05, 3.63) is 60.7 Å². The van der Waals surface area contributed by atoms with Gasteiger partial charge in [-0.25, -0.2) is 0 Å². The summed E-state index contributed by atoms with van der Waals surface area (Å²) in [6.45, 7) is 1.06. The van der Waals surface area contributed by atoms with Crippen LogP contribution in [-0.4, -0.2) is 31.8 Å². The van der Waals surface area contributed by atoms with Gasteiger partial charge in [-0.2, -0.15) is 0 Å². The molecule has 0 saturated heterocycles. The number of carbonyl (C=O) groups excluding carboxylic acids is 1. The quantitative estimate of drug-likeness (QED) is 0.630. The summed E-state index contributed by atoms with van der Waals surface area (Å²) in [5, 5.41) is 2.95. The summed E-state index contributed by atoms with van der Waals surface area (Å²) in [6.07, 6.45) is 0. The SMILES string of the molecule is CN(CC(=O)NCCSc1ccccc1)c1ccccc1. The first-order chi connectivity index (χ1) is 10.3. The molecule has 2 rings (SSSR count). The molecule has 0 aromatic heterocycles. The van der Waals surface area contributed by atoms with Crippen molar-refractivity contribution >= 4 is 23.4 Å². The Morgan fingerprint density at radius 2 is 1.67 bits per heavy atom. The van der Waals surface area contributed by atoms with Crippen LogP contribution < -0.4 is 10.2 Å². The molecule has 110 valence electrons. The van der Waals surface area contributed by atoms with Crippen LogP contribution in [0.4, 0.5) is 5.69 Å². The second-order valence-corrected chi connectivity index (χ2v) is 5.87. The lowest BCUT2D eigenvalue weighted by Crippen LogP contribution is -2.36. The number of para-hydroxylation sites is 1. The summed E-state index contributed by atoms with van der Waals surface area (Å²) in [5.41, 5.74) is 1.05. The van der Waals surface area contributed by atoms with Crippen molar-refractivity contribution in [2.75, 3.05) is 30.8 Å². The minimum atomic E-state index is 0.0509. The molecule has 1 amide bonds. The maximum Gasteiger partial charge on any atom is 0.239 e. The zero-order valence-electron chi connectivity index (χ0n) is 12.2. The summed E-state index contributed by atoms with van der Waals surface area (Å²) in [7, 11) is 1.92. The number of benzene rings is 2. The Morgan fingerprint density at radius 1 is 1.05 bits per heavy atom. The standard InChI is InChI=1S/C17H20N2OS/c1-19(15-8-4-2-5-9-15)14-17(20)18-12-13-21-16-10-6-3-7-11-16/h2-11H,12-14H2,1H3,(H,18,20). The second kappa shape index (κ2) is 8.37. The van der Waals surface area contributed by atoms with Crippen LogP contribution in [0.5, 0.6) is 0 Å². The van der Waals surface area contributed by atoms with Gasteiger partial charge < -0.3 is 10.2 Å². The van der Waals surface area contributed by atoms with E-state index >= 15 is 0 Å². The number of nitrogens with zero attached hydrogens (tertiary/aromatic N) is 1. The average Bonchev–Trinajstić information content (AvgIpc) is 2.53. The van der Waals surface area contributed by atoms with Gasteiger partial charge in [0, 0.05) is 29.9 Å². The van der Waals surface area contributed by atoms with E-state index in [1.165, 1.54) is 4.90 Å². The molecule has 0 aliphatic heterocycles. The van der Waals surface area contributed by atoms with E-state index in [0.29, 0.717) is 13.1 Å². The van der Waals surface area contributed by atoms with Crippen molar-refractivity contribution < 1.29 is 4.79 Å². The summed E-state index contributed by atoms with van der Waals surface area (Å²) in [4.78, 5) is 15.0. The van der Waals surface area contributed by atoms with Crippen LogP contribution in [0.1, 0.15) is 0 Å². The highest BCUT2D eigenvalue weighted by molar-refractivity contribution is 7.99. The number of rotatable bonds is 7. The van der Waals surface area contributed by atoms with E-state index in [4.69, 9.17) is 0 Å². The first-order valence-corrected chi connectivity index (χ1v) is 7.95. The van der Waals surface area contributed by atoms with Gasteiger partial charge in [-0.1, -0.05) is 36.4 Å². The Labute approximate surface area is 130 Å². The molecule has 0 unspecified atom stereocenters. The van der Waals surface area contributed by atoms with E-state index in [1.54, 1.807) is 11.8 Å². The number of thioether (sulfide) groups is 1. The topological polar surface area (TPSA) is 32.3 Å². The van der Waals surface area contributed by atoms with Gasteiger partial charge in [-0.15, -0.1) is 11.8 Å². The van der Waals surface area contributed by atoms with Crippen LogP contribution >= 0.6 is 11.8 Å². The fourth-order valence-electron chi connectivity index (χ4n) is 1.92. The highest BCUT2D eigenvalue weighted by atomic mass is 32.2. The molecule has 0 heterocycles. The average molecular weight is 300 g/mol. The molecule has 0 spiro atoms. The van der Waals surface area contributed by atoms with Gasteiger partial charge in [0.25, 0.3) is 0 Å². The minimum absolute atomic E-state index is 0.0509. The van der Waals surface area contributed by atoms with Crippen molar-refractivity contribution in [3.63, 3.8) is 0 Å². The lowest BCUT2D eigenvalue weighted by atomic mass is 10.3. The van der Waals surface area contributed by atoms with Gasteiger partial charge in [0.05, 0.1) is 6.54 Å². The van der Waals surface area contributed by atoms with E-state index in [-0.39, 0.29) is 5.91 Å². The largest absolute Gasteiger partial charge is 0.365 e. The first kappa shape index (κ1) is 15.4. The number of hydrogen-bond donors (Lipinski definition) is 1. The molecule has 0 aliphatic rings. The smallest absolute Gasteiger partial charge is 0.239 e. The van der Waals surface area contributed by atoms with Gasteiger partial charge in [0.2, 0.25) is 5.91 Å². The molecular formula is C17H20N2OS. The van der Waals surface area contributed by atoms with Crippen LogP contribution in [0.3, 0.4) is 0 Å². The lowest BCUT2D eigenvalue weighted by molar-refractivity contribution is -0.119. The highest BCUT2D eigenvalue weighted by Gasteiger charge is 2.06. The molecule has 3 nitrogen and oxygen atoms in total. The predicted molar refractivity (Wildman–Crippen MR) is 89.9 cm³/mol. The summed E-state index contributed by atoms with van der Waals surface area (Å²) < 4.78 is 0. The van der Waals surface area contributed by atoms with Crippen LogP contribution in [-0.2, 0) is 4.79 Å². The van der Waals surface area contributed by atoms with Gasteiger partial charge in [-0.05, 0) is 24.3 Å². The van der Waals surface area contributed by atoms with Gasteiger partial charge in [0.1, 0.15) is 0 Å². The zero-order valence-corrected chi connectivity index (χ0v) is 13.0. The maximum atomic E-state index is 11.9. The molecule has 2 aromatic carbocycles. The molecule has 21 heavy (non-hydrogen) atoms. The molecule has 0 atom stereocenters. The number of carbonyl (C=O) groups is 1. The van der Waals surface area contributed by atoms with Crippen molar-refractivity contribution in [2.24, 2.45) is 0 Å². The summed E-state index contributed by atoms with van der Waals surface area (Å²) in [6, 6.07) is 20.1. The van der Waals surface area contributed by atoms with E-state index in [1.807, 2.05) is 60.5 Å². The van der Waals surface area contributed by atoms with Crippen molar-refractivity contribution in [3.8, 4) is 0 Å². The van der Waals surface area contributed by atoms with E-state index in [2.05, 4.69) is 17.4 Å². The van der Waals surface area contributed by atoms with Crippen molar-refractivity contribution in [2.45, 2.75) is 4.90 Å². The van der Waals surface area contributed by atoms with Gasteiger partial charge in [-0.3, -0.25) is 4.79 Å². The number of anilines is 1. The minimum Gasteiger partial charge on any atom is -0.365 e. The number of hydrogen-bond acceptors (Lipinski definition) is 3. The third kappa shape index (κ3) is 5.52. The first-order valence-electron chi connectivity index (χ1n) is 6.96. The maximum absolute atomic E-state index is 11.9. The highest BCUT2D eigenvalue weighted by Crippen LogP contribution is 2.15. The monoisotopic (exact) mass is 300 g/mol. The second-order valence-electron chi connectivity index (χ2n) is 4.70. The van der Waals surface area contributed by atoms with Crippen LogP contribution in [0.2, 0.25) is 0 Å². The number of amides is 1. The number of likely N-dealkylation sites (N-methyl/N-ethyl adjacent to an activating group) is 1. The van der Waals surface area contributed by atoms with Crippen molar-refractivity contribution in [1.29, 1.82) is 0 Å². The van der Waals surface area contributed by atoms with Gasteiger partial charge in [0.15, 0.2) is 0 Å². The molecule has 0 aliphatic carbocycles. The third-order valence-corrected chi connectivity index (χ3v) is 4.03. The predicted octanol–water partition coefficient (Wildman–Crippen LogP) is 3.03. The molecule has 0 saturated carbocycles. The summed E-state index contributed by atoms with van der Waals surface area (Å²) in [5.74, 6) is 0.931. The Morgan fingerprint density at radius 3 is 2.33 bits per heavy atom. The zero-order chi connectivity index (χ0) is 14.9. The third-order valence-electron chi connectivity index (χ3n) is 3.01. The molecule has 1 N–H and O–H groups in total. The molecule has 0 radical (unpaired) electrons.